The molecule has 0 bridgehead atoms. The van der Waals surface area contributed by atoms with E-state index in [9.17, 15) is 16.8 Å². The van der Waals surface area contributed by atoms with Gasteiger partial charge in [0, 0.05) is 44.7 Å². The highest BCUT2D eigenvalue weighted by Crippen LogP contribution is 2.33. The second-order valence-corrected chi connectivity index (χ2v) is 11.3. The van der Waals surface area contributed by atoms with Crippen molar-refractivity contribution in [3.63, 3.8) is 0 Å². The third kappa shape index (κ3) is 3.94. The molecule has 150 valence electrons. The van der Waals surface area contributed by atoms with E-state index >= 15 is 0 Å². The molecule has 1 aromatic rings. The van der Waals surface area contributed by atoms with Gasteiger partial charge in [0.2, 0.25) is 10.0 Å². The van der Waals surface area contributed by atoms with Crippen molar-refractivity contribution in [1.29, 1.82) is 0 Å². The topological polar surface area (TPSA) is 93.2 Å². The van der Waals surface area contributed by atoms with Crippen LogP contribution in [0.15, 0.2) is 23.1 Å². The Morgan fingerprint density at radius 2 is 1.70 bits per heavy atom. The van der Waals surface area contributed by atoms with Crippen LogP contribution in [-0.4, -0.2) is 83.0 Å². The summed E-state index contributed by atoms with van der Waals surface area (Å²) in [4.78, 5) is 2.30. The lowest BCUT2D eigenvalue weighted by atomic mass is 10.2. The molecule has 10 heteroatoms. The summed E-state index contributed by atoms with van der Waals surface area (Å²) in [6, 6.07) is 4.75. The van der Waals surface area contributed by atoms with Crippen molar-refractivity contribution in [3.05, 3.63) is 18.2 Å². The van der Waals surface area contributed by atoms with E-state index in [0.29, 0.717) is 57.3 Å². The summed E-state index contributed by atoms with van der Waals surface area (Å²) in [6.07, 6.45) is 1.40. The van der Waals surface area contributed by atoms with Crippen LogP contribution in [0, 0.1) is 0 Å². The summed E-state index contributed by atoms with van der Waals surface area (Å²) >= 11 is 0. The molecule has 3 heterocycles. The molecule has 2 saturated heterocycles. The van der Waals surface area contributed by atoms with E-state index in [2.05, 4.69) is 4.90 Å². The van der Waals surface area contributed by atoms with E-state index < -0.39 is 19.9 Å². The zero-order valence-electron chi connectivity index (χ0n) is 15.0. The van der Waals surface area contributed by atoms with Gasteiger partial charge in [0.15, 0.2) is 21.3 Å². The molecule has 0 aromatic heterocycles. The molecule has 1 atom stereocenters. The number of hydrogen-bond donors (Lipinski definition) is 0. The van der Waals surface area contributed by atoms with E-state index in [-0.39, 0.29) is 22.4 Å². The van der Waals surface area contributed by atoms with Crippen molar-refractivity contribution in [2.24, 2.45) is 0 Å². The maximum atomic E-state index is 13.0. The highest BCUT2D eigenvalue weighted by Gasteiger charge is 2.36. The van der Waals surface area contributed by atoms with E-state index in [0.717, 1.165) is 6.42 Å². The number of sulfone groups is 1. The second kappa shape index (κ2) is 7.23. The molecule has 0 amide bonds. The predicted molar refractivity (Wildman–Crippen MR) is 99.4 cm³/mol. The van der Waals surface area contributed by atoms with Crippen LogP contribution in [0.1, 0.15) is 12.8 Å². The molecular weight excluding hydrogens is 392 g/mol. The molecule has 0 N–H and O–H groups in total. The Bertz CT molecular complexity index is 907. The molecule has 1 unspecified atom stereocenters. The van der Waals surface area contributed by atoms with Crippen LogP contribution in [0.4, 0.5) is 0 Å². The number of ether oxygens (including phenoxy) is 2. The zero-order valence-corrected chi connectivity index (χ0v) is 16.7. The minimum Gasteiger partial charge on any atom is -0.490 e. The van der Waals surface area contributed by atoms with Crippen LogP contribution in [0.5, 0.6) is 11.5 Å². The number of nitrogens with zero attached hydrogens (tertiary/aromatic N) is 2. The molecule has 1 aromatic carbocycles. The van der Waals surface area contributed by atoms with Gasteiger partial charge in [0.05, 0.1) is 29.6 Å². The van der Waals surface area contributed by atoms with E-state index in [1.807, 2.05) is 0 Å². The first-order valence-corrected chi connectivity index (χ1v) is 12.5. The third-order valence-electron chi connectivity index (χ3n) is 5.35. The Hall–Kier alpha value is -1.36. The molecule has 3 aliphatic heterocycles. The Kier molecular flexibility index (Phi) is 5.08. The minimum absolute atomic E-state index is 0.0119. The fourth-order valence-corrected chi connectivity index (χ4v) is 7.03. The molecular formula is C17H24N2O6S2. The van der Waals surface area contributed by atoms with Crippen LogP contribution in [0.3, 0.4) is 0 Å². The minimum atomic E-state index is -3.62. The van der Waals surface area contributed by atoms with Gasteiger partial charge in [-0.1, -0.05) is 0 Å². The first kappa shape index (κ1) is 19.0. The van der Waals surface area contributed by atoms with Crippen molar-refractivity contribution in [1.82, 2.24) is 9.21 Å². The lowest BCUT2D eigenvalue weighted by Crippen LogP contribution is -2.52. The van der Waals surface area contributed by atoms with Gasteiger partial charge in [-0.3, -0.25) is 4.90 Å². The van der Waals surface area contributed by atoms with Gasteiger partial charge in [0.25, 0.3) is 0 Å². The molecule has 8 nitrogen and oxygen atoms in total. The van der Waals surface area contributed by atoms with Crippen molar-refractivity contribution in [2.75, 3.05) is 50.9 Å². The maximum absolute atomic E-state index is 13.0. The number of sulfonamides is 1. The second-order valence-electron chi connectivity index (χ2n) is 7.16. The average molecular weight is 417 g/mol. The number of hydrogen-bond acceptors (Lipinski definition) is 7. The SMILES string of the molecule is O=S1(=O)CCC(N2CCN(S(=O)(=O)c3ccc4c(c3)OCCCO4)CC2)C1. The van der Waals surface area contributed by atoms with Crippen LogP contribution >= 0.6 is 0 Å². The van der Waals surface area contributed by atoms with E-state index in [1.54, 1.807) is 12.1 Å². The first-order valence-electron chi connectivity index (χ1n) is 9.19. The van der Waals surface area contributed by atoms with Crippen molar-refractivity contribution in [2.45, 2.75) is 23.8 Å². The smallest absolute Gasteiger partial charge is 0.243 e. The lowest BCUT2D eigenvalue weighted by molar-refractivity contribution is 0.148. The van der Waals surface area contributed by atoms with Crippen LogP contribution in [-0.2, 0) is 19.9 Å². The fourth-order valence-electron chi connectivity index (χ4n) is 3.83. The van der Waals surface area contributed by atoms with Crippen molar-refractivity contribution in [3.8, 4) is 11.5 Å². The summed E-state index contributed by atoms with van der Waals surface area (Å²) in [6.45, 7) is 2.85. The molecule has 2 fully saturated rings. The van der Waals surface area contributed by atoms with Gasteiger partial charge in [-0.05, 0) is 18.6 Å². The fraction of sp³-hybridized carbons (Fsp3) is 0.647. The van der Waals surface area contributed by atoms with E-state index in [1.165, 1.54) is 10.4 Å². The summed E-state index contributed by atoms with van der Waals surface area (Å²) in [7, 11) is -6.57. The normalized spacial score (nSPS) is 26.6. The molecule has 0 aliphatic carbocycles. The molecule has 27 heavy (non-hydrogen) atoms. The quantitative estimate of drug-likeness (QED) is 0.701. The van der Waals surface area contributed by atoms with Crippen molar-refractivity contribution >= 4 is 19.9 Å². The van der Waals surface area contributed by atoms with E-state index in [4.69, 9.17) is 9.47 Å². The average Bonchev–Trinajstić information content (AvgIpc) is 2.87. The highest BCUT2D eigenvalue weighted by atomic mass is 32.2. The molecule has 4 rings (SSSR count). The molecule has 0 saturated carbocycles. The van der Waals surface area contributed by atoms with Gasteiger partial charge in [0.1, 0.15) is 0 Å². The Morgan fingerprint density at radius 1 is 1.00 bits per heavy atom. The van der Waals surface area contributed by atoms with Crippen LogP contribution in [0.2, 0.25) is 0 Å². The largest absolute Gasteiger partial charge is 0.490 e. The first-order chi connectivity index (χ1) is 12.9. The Balaban J connectivity index is 1.45. The number of piperazine rings is 1. The number of fused-ring (bicyclic) bond motifs is 1. The zero-order chi connectivity index (χ0) is 19.1. The summed E-state index contributed by atoms with van der Waals surface area (Å²) in [5.41, 5.74) is 0. The lowest BCUT2D eigenvalue weighted by Gasteiger charge is -2.37. The molecule has 0 spiro atoms. The van der Waals surface area contributed by atoms with Gasteiger partial charge in [-0.2, -0.15) is 4.31 Å². The third-order valence-corrected chi connectivity index (χ3v) is 9.00. The van der Waals surface area contributed by atoms with Gasteiger partial charge in [-0.25, -0.2) is 16.8 Å². The van der Waals surface area contributed by atoms with Gasteiger partial charge in [-0.15, -0.1) is 0 Å². The highest BCUT2D eigenvalue weighted by molar-refractivity contribution is 7.91. The summed E-state index contributed by atoms with van der Waals surface area (Å²) < 4.78 is 62.0. The number of rotatable bonds is 3. The van der Waals surface area contributed by atoms with Gasteiger partial charge >= 0.3 is 0 Å². The Morgan fingerprint density at radius 3 is 2.37 bits per heavy atom. The predicted octanol–water partition coefficient (Wildman–Crippen LogP) is 0.341. The van der Waals surface area contributed by atoms with Gasteiger partial charge < -0.3 is 9.47 Å². The standard InChI is InChI=1S/C17H24N2O6S2/c20-26(21)11-4-14(13-26)18-5-7-19(8-6-18)27(22,23)15-2-3-16-17(12-15)25-10-1-9-24-16/h2-3,12,14H,1,4-11,13H2. The summed E-state index contributed by atoms with van der Waals surface area (Å²) in [5, 5.41) is 0. The molecule has 3 aliphatic rings. The number of benzene rings is 1. The monoisotopic (exact) mass is 416 g/mol. The van der Waals surface area contributed by atoms with Crippen LogP contribution in [0.25, 0.3) is 0 Å². The van der Waals surface area contributed by atoms with Crippen molar-refractivity contribution < 1.29 is 26.3 Å². The van der Waals surface area contributed by atoms with Crippen LogP contribution < -0.4 is 9.47 Å². The maximum Gasteiger partial charge on any atom is 0.243 e. The Labute approximate surface area is 160 Å². The summed E-state index contributed by atoms with van der Waals surface area (Å²) in [5.74, 6) is 1.44. The molecule has 0 radical (unpaired) electrons.